The molecular formula is C20H15FN4O3. The number of pyridine rings is 1. The van der Waals surface area contributed by atoms with E-state index in [2.05, 4.69) is 20.3 Å². The maximum Gasteiger partial charge on any atom is 0.323 e. The first-order valence-electron chi connectivity index (χ1n) is 8.45. The number of ether oxygens (including phenoxy) is 1. The van der Waals surface area contributed by atoms with Gasteiger partial charge in [0, 0.05) is 24.4 Å². The summed E-state index contributed by atoms with van der Waals surface area (Å²) in [5.74, 6) is 0.237. The number of nitrogens with one attached hydrogen (secondary N) is 3. The zero-order valence-electron chi connectivity index (χ0n) is 14.5. The Morgan fingerprint density at radius 2 is 1.82 bits per heavy atom. The molecule has 2 heterocycles. The minimum absolute atomic E-state index is 0.268. The molecule has 7 nitrogen and oxygen atoms in total. The van der Waals surface area contributed by atoms with Gasteiger partial charge in [0.25, 0.3) is 5.91 Å². The Kier molecular flexibility index (Phi) is 4.59. The van der Waals surface area contributed by atoms with E-state index in [0.717, 1.165) is 5.56 Å². The van der Waals surface area contributed by atoms with E-state index in [9.17, 15) is 14.0 Å². The molecule has 2 aromatic heterocycles. The van der Waals surface area contributed by atoms with Crippen molar-refractivity contribution in [1.82, 2.24) is 20.3 Å². The zero-order chi connectivity index (χ0) is 19.5. The van der Waals surface area contributed by atoms with Crippen LogP contribution in [-0.2, 0) is 6.54 Å². The van der Waals surface area contributed by atoms with E-state index in [1.807, 2.05) is 0 Å². The fourth-order valence-electron chi connectivity index (χ4n) is 2.66. The van der Waals surface area contributed by atoms with Crippen molar-refractivity contribution >= 4 is 16.9 Å². The normalized spacial score (nSPS) is 10.8. The first kappa shape index (κ1) is 17.5. The van der Waals surface area contributed by atoms with E-state index >= 15 is 0 Å². The molecule has 0 bridgehead atoms. The number of benzene rings is 2. The van der Waals surface area contributed by atoms with Gasteiger partial charge in [-0.3, -0.25) is 4.79 Å². The van der Waals surface area contributed by atoms with Crippen LogP contribution in [0, 0.1) is 5.82 Å². The van der Waals surface area contributed by atoms with Gasteiger partial charge in [-0.2, -0.15) is 0 Å². The largest absolute Gasteiger partial charge is 0.439 e. The van der Waals surface area contributed by atoms with Crippen LogP contribution in [0.1, 0.15) is 15.9 Å². The van der Waals surface area contributed by atoms with Crippen LogP contribution >= 0.6 is 0 Å². The number of hydrogen-bond donors (Lipinski definition) is 3. The number of amides is 1. The molecule has 4 rings (SSSR count). The van der Waals surface area contributed by atoms with Crippen LogP contribution in [0.15, 0.2) is 65.6 Å². The number of fused-ring (bicyclic) bond motifs is 1. The summed E-state index contributed by atoms with van der Waals surface area (Å²) in [6.45, 7) is 0.282. The number of imidazole rings is 1. The van der Waals surface area contributed by atoms with Crippen molar-refractivity contribution in [2.75, 3.05) is 0 Å². The predicted octanol–water partition coefficient (Wildman–Crippen LogP) is 3.11. The Bertz CT molecular complexity index is 1180. The Balaban J connectivity index is 1.37. The molecule has 0 saturated carbocycles. The summed E-state index contributed by atoms with van der Waals surface area (Å²) in [6.07, 6.45) is 1.59. The van der Waals surface area contributed by atoms with E-state index in [4.69, 9.17) is 4.74 Å². The van der Waals surface area contributed by atoms with Crippen LogP contribution < -0.4 is 15.7 Å². The molecule has 0 aliphatic carbocycles. The summed E-state index contributed by atoms with van der Waals surface area (Å²) in [5, 5.41) is 2.80. The highest BCUT2D eigenvalue weighted by molar-refractivity contribution is 5.97. The molecule has 0 aliphatic heterocycles. The molecule has 2 aromatic carbocycles. The molecule has 4 aromatic rings. The summed E-state index contributed by atoms with van der Waals surface area (Å²) in [4.78, 5) is 33.0. The third-order valence-corrected chi connectivity index (χ3v) is 4.06. The van der Waals surface area contributed by atoms with Gasteiger partial charge in [0.05, 0.1) is 11.0 Å². The SMILES string of the molecule is O=C(NCc1ccc(Oc2ccc(F)cc2)nc1)c1ccc2[nH]c(=O)[nH]c2c1. The lowest BCUT2D eigenvalue weighted by molar-refractivity contribution is 0.0951. The van der Waals surface area contributed by atoms with Gasteiger partial charge < -0.3 is 20.0 Å². The first-order chi connectivity index (χ1) is 13.6. The number of carbonyl (C=O) groups excluding carboxylic acids is 1. The number of nitrogens with zero attached hydrogens (tertiary/aromatic N) is 1. The van der Waals surface area contributed by atoms with Gasteiger partial charge in [0.15, 0.2) is 0 Å². The molecule has 1 amide bonds. The second kappa shape index (κ2) is 7.36. The molecule has 0 atom stereocenters. The second-order valence-electron chi connectivity index (χ2n) is 6.08. The maximum atomic E-state index is 12.9. The summed E-state index contributed by atoms with van der Waals surface area (Å²) in [6, 6.07) is 14.0. The molecule has 0 aliphatic rings. The fraction of sp³-hybridized carbons (Fsp3) is 0.0500. The fourth-order valence-corrected chi connectivity index (χ4v) is 2.66. The summed E-state index contributed by atoms with van der Waals surface area (Å²) < 4.78 is 18.4. The van der Waals surface area contributed by atoms with Gasteiger partial charge in [-0.25, -0.2) is 14.2 Å². The summed E-state index contributed by atoms with van der Waals surface area (Å²) in [5.41, 5.74) is 2.12. The number of carbonyl (C=O) groups is 1. The molecule has 0 fully saturated rings. The quantitative estimate of drug-likeness (QED) is 0.497. The maximum absolute atomic E-state index is 12.9. The summed E-state index contributed by atoms with van der Waals surface area (Å²) >= 11 is 0. The van der Waals surface area contributed by atoms with Crippen molar-refractivity contribution < 1.29 is 13.9 Å². The summed E-state index contributed by atoms with van der Waals surface area (Å²) in [7, 11) is 0. The zero-order valence-corrected chi connectivity index (χ0v) is 14.5. The highest BCUT2D eigenvalue weighted by Gasteiger charge is 2.08. The van der Waals surface area contributed by atoms with Gasteiger partial charge in [-0.15, -0.1) is 0 Å². The Hall–Kier alpha value is -3.94. The molecule has 140 valence electrons. The third kappa shape index (κ3) is 3.90. The van der Waals surface area contributed by atoms with Crippen LogP contribution in [0.25, 0.3) is 11.0 Å². The molecule has 8 heteroatoms. The monoisotopic (exact) mass is 378 g/mol. The number of H-pyrrole nitrogens is 2. The van der Waals surface area contributed by atoms with Crippen molar-refractivity contribution in [3.8, 4) is 11.6 Å². The Labute approximate surface area is 158 Å². The lowest BCUT2D eigenvalue weighted by Crippen LogP contribution is -2.22. The van der Waals surface area contributed by atoms with Crippen molar-refractivity contribution in [1.29, 1.82) is 0 Å². The van der Waals surface area contributed by atoms with E-state index in [-0.39, 0.29) is 24.0 Å². The number of rotatable bonds is 5. The predicted molar refractivity (Wildman–Crippen MR) is 101 cm³/mol. The first-order valence-corrected chi connectivity index (χ1v) is 8.45. The minimum Gasteiger partial charge on any atom is -0.439 e. The smallest absolute Gasteiger partial charge is 0.323 e. The average Bonchev–Trinajstić information content (AvgIpc) is 3.08. The van der Waals surface area contributed by atoms with E-state index in [1.165, 1.54) is 24.3 Å². The van der Waals surface area contributed by atoms with E-state index in [1.54, 1.807) is 36.5 Å². The van der Waals surface area contributed by atoms with Crippen LogP contribution in [0.3, 0.4) is 0 Å². The van der Waals surface area contributed by atoms with Crippen LogP contribution in [0.2, 0.25) is 0 Å². The van der Waals surface area contributed by atoms with E-state index in [0.29, 0.717) is 28.2 Å². The van der Waals surface area contributed by atoms with Gasteiger partial charge in [0.1, 0.15) is 11.6 Å². The van der Waals surface area contributed by atoms with E-state index < -0.39 is 0 Å². The molecule has 0 spiro atoms. The minimum atomic E-state index is -0.339. The van der Waals surface area contributed by atoms with Gasteiger partial charge in [-0.1, -0.05) is 6.07 Å². The molecule has 0 unspecified atom stereocenters. The molecule has 0 saturated heterocycles. The number of hydrogen-bond acceptors (Lipinski definition) is 4. The van der Waals surface area contributed by atoms with Crippen LogP contribution in [0.4, 0.5) is 4.39 Å². The van der Waals surface area contributed by atoms with Crippen molar-refractivity contribution in [3.05, 3.63) is 88.2 Å². The lowest BCUT2D eigenvalue weighted by Gasteiger charge is -2.07. The number of halogens is 1. The molecule has 3 N–H and O–H groups in total. The second-order valence-corrected chi connectivity index (χ2v) is 6.08. The number of aromatic nitrogens is 3. The lowest BCUT2D eigenvalue weighted by atomic mass is 10.2. The molecule has 0 radical (unpaired) electrons. The average molecular weight is 378 g/mol. The van der Waals surface area contributed by atoms with Crippen molar-refractivity contribution in [3.63, 3.8) is 0 Å². The Morgan fingerprint density at radius 1 is 1.04 bits per heavy atom. The van der Waals surface area contributed by atoms with Crippen molar-refractivity contribution in [2.45, 2.75) is 6.54 Å². The molecule has 28 heavy (non-hydrogen) atoms. The topological polar surface area (TPSA) is 99.9 Å². The highest BCUT2D eigenvalue weighted by Crippen LogP contribution is 2.19. The van der Waals surface area contributed by atoms with Gasteiger partial charge in [0.2, 0.25) is 5.88 Å². The highest BCUT2D eigenvalue weighted by atomic mass is 19.1. The van der Waals surface area contributed by atoms with Gasteiger partial charge in [-0.05, 0) is 48.0 Å². The van der Waals surface area contributed by atoms with Crippen LogP contribution in [0.5, 0.6) is 11.6 Å². The third-order valence-electron chi connectivity index (χ3n) is 4.06. The van der Waals surface area contributed by atoms with Crippen molar-refractivity contribution in [2.24, 2.45) is 0 Å². The molecular weight excluding hydrogens is 363 g/mol. The van der Waals surface area contributed by atoms with Gasteiger partial charge >= 0.3 is 5.69 Å². The number of aromatic amines is 2. The Morgan fingerprint density at radius 3 is 2.57 bits per heavy atom. The van der Waals surface area contributed by atoms with Crippen LogP contribution in [-0.4, -0.2) is 20.9 Å². The standard InChI is InChI=1S/C20H15FN4O3/c21-14-3-5-15(6-4-14)28-18-8-1-12(10-22-18)11-23-19(26)13-2-7-16-17(9-13)25-20(27)24-16/h1-10H,11H2,(H,23,26)(H2,24,25,27).